The first-order valence-corrected chi connectivity index (χ1v) is 3.14. The lowest BCUT2D eigenvalue weighted by atomic mass is 10.1. The maximum Gasteiger partial charge on any atom is 0.286 e. The number of primary amides is 1. The molecule has 0 heterocycles. The highest BCUT2D eigenvalue weighted by atomic mass is 16.2. The van der Waals surface area contributed by atoms with Gasteiger partial charge in [0, 0.05) is 0 Å². The summed E-state index contributed by atoms with van der Waals surface area (Å²) in [5, 5.41) is 2.68. The number of nitrogens with two attached hydrogens (primary N) is 1. The molecule has 0 spiro atoms. The SMILES string of the molecule is CCC(NC)C(=O)C(N)=O. The summed E-state index contributed by atoms with van der Waals surface area (Å²) < 4.78 is 0. The van der Waals surface area contributed by atoms with E-state index in [9.17, 15) is 9.59 Å². The fourth-order valence-electron chi connectivity index (χ4n) is 0.692. The van der Waals surface area contributed by atoms with Crippen molar-refractivity contribution in [2.45, 2.75) is 19.4 Å². The fraction of sp³-hybridized carbons (Fsp3) is 0.667. The molecule has 58 valence electrons. The molecule has 4 heteroatoms. The molecule has 0 bridgehead atoms. The molecule has 0 aromatic carbocycles. The topological polar surface area (TPSA) is 72.2 Å². The van der Waals surface area contributed by atoms with Gasteiger partial charge in [-0.25, -0.2) is 0 Å². The molecular weight excluding hydrogens is 132 g/mol. The Morgan fingerprint density at radius 3 is 2.20 bits per heavy atom. The molecular formula is C6H12N2O2. The summed E-state index contributed by atoms with van der Waals surface area (Å²) in [6, 6.07) is -0.419. The average Bonchev–Trinajstić information content (AvgIpc) is 1.90. The van der Waals surface area contributed by atoms with Crippen LogP contribution in [0.3, 0.4) is 0 Å². The van der Waals surface area contributed by atoms with Crippen LogP contribution in [0.5, 0.6) is 0 Å². The molecule has 0 aliphatic rings. The Morgan fingerprint density at radius 1 is 1.60 bits per heavy atom. The highest BCUT2D eigenvalue weighted by molar-refractivity contribution is 6.37. The number of hydrogen-bond acceptors (Lipinski definition) is 3. The number of carbonyl (C=O) groups is 2. The maximum absolute atomic E-state index is 10.8. The second-order valence-corrected chi connectivity index (χ2v) is 1.98. The van der Waals surface area contributed by atoms with Crippen molar-refractivity contribution < 1.29 is 9.59 Å². The van der Waals surface area contributed by atoms with E-state index < -0.39 is 17.7 Å². The Balaban J connectivity index is 4.02. The first-order valence-electron chi connectivity index (χ1n) is 3.14. The van der Waals surface area contributed by atoms with E-state index in [-0.39, 0.29) is 0 Å². The maximum atomic E-state index is 10.8. The molecule has 0 aliphatic carbocycles. The monoisotopic (exact) mass is 144 g/mol. The Hall–Kier alpha value is -0.900. The van der Waals surface area contributed by atoms with Crippen LogP contribution in [0.1, 0.15) is 13.3 Å². The molecule has 0 fully saturated rings. The number of likely N-dealkylation sites (N-methyl/N-ethyl adjacent to an activating group) is 1. The summed E-state index contributed by atoms with van der Waals surface area (Å²) in [6.45, 7) is 1.81. The van der Waals surface area contributed by atoms with Gasteiger partial charge in [0.1, 0.15) is 0 Å². The van der Waals surface area contributed by atoms with Crippen molar-refractivity contribution in [2.75, 3.05) is 7.05 Å². The van der Waals surface area contributed by atoms with E-state index in [1.54, 1.807) is 7.05 Å². The number of Topliss-reactive ketones (excluding diaryl/α,β-unsaturated/α-hetero) is 1. The molecule has 4 nitrogen and oxygen atoms in total. The van der Waals surface area contributed by atoms with E-state index in [4.69, 9.17) is 5.73 Å². The van der Waals surface area contributed by atoms with Crippen LogP contribution in [-0.2, 0) is 9.59 Å². The normalized spacial score (nSPS) is 12.6. The van der Waals surface area contributed by atoms with Crippen LogP contribution in [-0.4, -0.2) is 24.8 Å². The summed E-state index contributed by atoms with van der Waals surface area (Å²) in [4.78, 5) is 21.1. The number of rotatable bonds is 4. The fourth-order valence-corrected chi connectivity index (χ4v) is 0.692. The van der Waals surface area contributed by atoms with Gasteiger partial charge in [0.05, 0.1) is 6.04 Å². The van der Waals surface area contributed by atoms with Crippen LogP contribution in [0, 0.1) is 0 Å². The van der Waals surface area contributed by atoms with Crippen LogP contribution in [0.15, 0.2) is 0 Å². The van der Waals surface area contributed by atoms with Crippen LogP contribution in [0.25, 0.3) is 0 Å². The summed E-state index contributed by atoms with van der Waals surface area (Å²) in [6.07, 6.45) is 0.582. The molecule has 0 saturated carbocycles. The smallest absolute Gasteiger partial charge is 0.286 e. The van der Waals surface area contributed by atoms with Gasteiger partial charge in [0.25, 0.3) is 5.91 Å². The van der Waals surface area contributed by atoms with Crippen LogP contribution < -0.4 is 11.1 Å². The summed E-state index contributed by atoms with van der Waals surface area (Å²) in [7, 11) is 1.62. The van der Waals surface area contributed by atoms with Crippen LogP contribution in [0.2, 0.25) is 0 Å². The van der Waals surface area contributed by atoms with E-state index in [2.05, 4.69) is 5.32 Å². The molecule has 3 N–H and O–H groups in total. The first kappa shape index (κ1) is 9.10. The standard InChI is InChI=1S/C6H12N2O2/c1-3-4(8-2)5(9)6(7)10/h4,8H,3H2,1-2H3,(H2,7,10). The van der Waals surface area contributed by atoms with Crippen molar-refractivity contribution in [3.8, 4) is 0 Å². The third-order valence-electron chi connectivity index (χ3n) is 1.32. The van der Waals surface area contributed by atoms with Crippen molar-refractivity contribution in [3.05, 3.63) is 0 Å². The highest BCUT2D eigenvalue weighted by Crippen LogP contribution is 1.90. The van der Waals surface area contributed by atoms with Gasteiger partial charge in [-0.2, -0.15) is 0 Å². The third kappa shape index (κ3) is 2.14. The van der Waals surface area contributed by atoms with Gasteiger partial charge < -0.3 is 11.1 Å². The summed E-state index contributed by atoms with van der Waals surface area (Å²) >= 11 is 0. The zero-order valence-corrected chi connectivity index (χ0v) is 6.18. The number of amides is 1. The Morgan fingerprint density at radius 2 is 2.10 bits per heavy atom. The Bertz CT molecular complexity index is 141. The van der Waals surface area contributed by atoms with Crippen molar-refractivity contribution in [2.24, 2.45) is 5.73 Å². The Labute approximate surface area is 59.8 Å². The van der Waals surface area contributed by atoms with Crippen molar-refractivity contribution >= 4 is 11.7 Å². The lowest BCUT2D eigenvalue weighted by Gasteiger charge is -2.08. The van der Waals surface area contributed by atoms with Gasteiger partial charge in [0.2, 0.25) is 5.78 Å². The molecule has 0 aromatic heterocycles. The van der Waals surface area contributed by atoms with Gasteiger partial charge in [0.15, 0.2) is 0 Å². The highest BCUT2D eigenvalue weighted by Gasteiger charge is 2.18. The second kappa shape index (κ2) is 4.00. The summed E-state index contributed by atoms with van der Waals surface area (Å²) in [5.41, 5.74) is 4.76. The molecule has 0 aromatic rings. The van der Waals surface area contributed by atoms with Crippen LogP contribution in [0.4, 0.5) is 0 Å². The van der Waals surface area contributed by atoms with Gasteiger partial charge in [-0.15, -0.1) is 0 Å². The molecule has 0 saturated heterocycles. The number of hydrogen-bond donors (Lipinski definition) is 2. The van der Waals surface area contributed by atoms with Crippen LogP contribution >= 0.6 is 0 Å². The molecule has 1 atom stereocenters. The third-order valence-corrected chi connectivity index (χ3v) is 1.32. The predicted octanol–water partition coefficient (Wildman–Crippen LogP) is -0.961. The van der Waals surface area contributed by atoms with Gasteiger partial charge in [-0.3, -0.25) is 9.59 Å². The zero-order valence-electron chi connectivity index (χ0n) is 6.18. The molecule has 1 amide bonds. The minimum absolute atomic E-state index is 0.419. The van der Waals surface area contributed by atoms with E-state index in [0.29, 0.717) is 6.42 Å². The van der Waals surface area contributed by atoms with E-state index >= 15 is 0 Å². The molecule has 0 aliphatic heterocycles. The number of carbonyl (C=O) groups excluding carboxylic acids is 2. The van der Waals surface area contributed by atoms with Gasteiger partial charge >= 0.3 is 0 Å². The molecule has 10 heavy (non-hydrogen) atoms. The molecule has 0 rings (SSSR count). The van der Waals surface area contributed by atoms with Crippen molar-refractivity contribution in [3.63, 3.8) is 0 Å². The Kier molecular flexibility index (Phi) is 3.64. The number of nitrogens with one attached hydrogen (secondary N) is 1. The first-order chi connectivity index (χ1) is 4.63. The number of ketones is 1. The average molecular weight is 144 g/mol. The minimum Gasteiger partial charge on any atom is -0.363 e. The second-order valence-electron chi connectivity index (χ2n) is 1.98. The van der Waals surface area contributed by atoms with Gasteiger partial charge in [-0.1, -0.05) is 6.92 Å². The van der Waals surface area contributed by atoms with E-state index in [0.717, 1.165) is 0 Å². The zero-order chi connectivity index (χ0) is 8.15. The van der Waals surface area contributed by atoms with Gasteiger partial charge in [-0.05, 0) is 13.5 Å². The van der Waals surface area contributed by atoms with Crippen molar-refractivity contribution in [1.82, 2.24) is 5.32 Å². The van der Waals surface area contributed by atoms with E-state index in [1.165, 1.54) is 0 Å². The minimum atomic E-state index is -0.874. The van der Waals surface area contributed by atoms with Crippen molar-refractivity contribution in [1.29, 1.82) is 0 Å². The quantitative estimate of drug-likeness (QED) is 0.499. The summed E-state index contributed by atoms with van der Waals surface area (Å²) in [5.74, 6) is -1.42. The lowest BCUT2D eigenvalue weighted by molar-refractivity contribution is -0.137. The predicted molar refractivity (Wildman–Crippen MR) is 37.3 cm³/mol. The largest absolute Gasteiger partial charge is 0.363 e. The lowest BCUT2D eigenvalue weighted by Crippen LogP contribution is -2.41. The van der Waals surface area contributed by atoms with E-state index in [1.807, 2.05) is 6.92 Å². The molecule has 1 unspecified atom stereocenters. The molecule has 0 radical (unpaired) electrons.